The molecule has 1 aromatic rings. The first-order chi connectivity index (χ1) is 14.2. The summed E-state index contributed by atoms with van der Waals surface area (Å²) in [4.78, 5) is 38.3. The normalized spacial score (nSPS) is 17.1. The Morgan fingerprint density at radius 1 is 1.10 bits per heavy atom. The first-order valence-electron chi connectivity index (χ1n) is 10.7. The van der Waals surface area contributed by atoms with Gasteiger partial charge in [-0.25, -0.2) is 9.59 Å². The molecule has 2 amide bonds. The number of ether oxygens (including phenoxy) is 2. The molecule has 1 atom stereocenters. The summed E-state index contributed by atoms with van der Waals surface area (Å²) >= 11 is 0. The Hall–Kier alpha value is -2.57. The zero-order valence-corrected chi connectivity index (χ0v) is 18.5. The summed E-state index contributed by atoms with van der Waals surface area (Å²) in [6, 6.07) is 9.35. The third kappa shape index (κ3) is 6.21. The minimum Gasteiger partial charge on any atom is -0.464 e. The Morgan fingerprint density at radius 2 is 1.73 bits per heavy atom. The maximum absolute atomic E-state index is 13.3. The van der Waals surface area contributed by atoms with Crippen molar-refractivity contribution in [1.82, 2.24) is 10.6 Å². The molecule has 0 aliphatic heterocycles. The molecule has 2 N–H and O–H groups in total. The van der Waals surface area contributed by atoms with Crippen molar-refractivity contribution in [3.63, 3.8) is 0 Å². The van der Waals surface area contributed by atoms with Crippen LogP contribution in [0.2, 0.25) is 0 Å². The predicted molar refractivity (Wildman–Crippen MR) is 114 cm³/mol. The second-order valence-electron chi connectivity index (χ2n) is 8.58. The summed E-state index contributed by atoms with van der Waals surface area (Å²) in [5.41, 5.74) is -1.38. The van der Waals surface area contributed by atoms with Gasteiger partial charge in [0.2, 0.25) is 5.91 Å². The second-order valence-corrected chi connectivity index (χ2v) is 8.58. The van der Waals surface area contributed by atoms with Crippen molar-refractivity contribution in [2.24, 2.45) is 5.92 Å². The molecule has 30 heavy (non-hydrogen) atoms. The van der Waals surface area contributed by atoms with Gasteiger partial charge in [-0.15, -0.1) is 0 Å². The minimum atomic E-state index is -1.16. The molecule has 7 nitrogen and oxygen atoms in total. The van der Waals surface area contributed by atoms with Crippen molar-refractivity contribution in [3.05, 3.63) is 35.9 Å². The maximum Gasteiger partial charge on any atom is 0.408 e. The van der Waals surface area contributed by atoms with Crippen LogP contribution in [0.3, 0.4) is 0 Å². The SMILES string of the molecule is CCOC(=O)C(C)(CC(C)C)NC(=O)C1(NC(=O)OCc2ccccc2)CCCC1. The topological polar surface area (TPSA) is 93.7 Å². The predicted octanol–water partition coefficient (Wildman–Crippen LogP) is 3.71. The molecule has 0 spiro atoms. The van der Waals surface area contributed by atoms with Crippen LogP contribution in [-0.4, -0.2) is 35.7 Å². The van der Waals surface area contributed by atoms with Gasteiger partial charge in [-0.1, -0.05) is 57.0 Å². The van der Waals surface area contributed by atoms with Crippen LogP contribution < -0.4 is 10.6 Å². The fraction of sp³-hybridized carbons (Fsp3) is 0.609. The number of benzene rings is 1. The lowest BCUT2D eigenvalue weighted by atomic mass is 9.88. The lowest BCUT2D eigenvalue weighted by Crippen LogP contribution is -2.64. The van der Waals surface area contributed by atoms with E-state index in [4.69, 9.17) is 9.47 Å². The first kappa shape index (κ1) is 23.7. The van der Waals surface area contributed by atoms with Crippen molar-refractivity contribution < 1.29 is 23.9 Å². The highest BCUT2D eigenvalue weighted by Crippen LogP contribution is 2.31. The average Bonchev–Trinajstić information content (AvgIpc) is 3.16. The average molecular weight is 419 g/mol. The quantitative estimate of drug-likeness (QED) is 0.596. The molecule has 1 unspecified atom stereocenters. The zero-order chi connectivity index (χ0) is 22.2. The monoisotopic (exact) mass is 418 g/mol. The first-order valence-corrected chi connectivity index (χ1v) is 10.7. The van der Waals surface area contributed by atoms with Gasteiger partial charge >= 0.3 is 12.1 Å². The van der Waals surface area contributed by atoms with Crippen LogP contribution in [0, 0.1) is 5.92 Å². The van der Waals surface area contributed by atoms with E-state index in [2.05, 4.69) is 10.6 Å². The molecule has 0 aromatic heterocycles. The number of amides is 2. The number of carbonyl (C=O) groups excluding carboxylic acids is 3. The Morgan fingerprint density at radius 3 is 2.30 bits per heavy atom. The Bertz CT molecular complexity index is 728. The van der Waals surface area contributed by atoms with E-state index >= 15 is 0 Å². The van der Waals surface area contributed by atoms with E-state index in [1.165, 1.54) is 0 Å². The molecule has 0 saturated heterocycles. The van der Waals surface area contributed by atoms with Crippen LogP contribution in [0.4, 0.5) is 4.79 Å². The standard InChI is InChI=1S/C23H34N2O5/c1-5-29-20(27)22(4,15-17(2)3)24-19(26)23(13-9-10-14-23)25-21(28)30-16-18-11-7-6-8-12-18/h6-8,11-12,17H,5,9-10,13-16H2,1-4H3,(H,24,26)(H,25,28). The Labute approximate surface area is 178 Å². The van der Waals surface area contributed by atoms with E-state index in [9.17, 15) is 14.4 Å². The highest BCUT2D eigenvalue weighted by molar-refractivity contribution is 5.94. The number of rotatable bonds is 9. The van der Waals surface area contributed by atoms with Crippen LogP contribution >= 0.6 is 0 Å². The molecule has 0 radical (unpaired) electrons. The van der Waals surface area contributed by atoms with Gasteiger partial charge in [0.25, 0.3) is 0 Å². The van der Waals surface area contributed by atoms with Gasteiger partial charge in [0.1, 0.15) is 17.7 Å². The molecular weight excluding hydrogens is 384 g/mol. The number of hydrogen-bond donors (Lipinski definition) is 2. The molecule has 1 saturated carbocycles. The fourth-order valence-electron chi connectivity index (χ4n) is 4.00. The van der Waals surface area contributed by atoms with Crippen molar-refractivity contribution in [2.75, 3.05) is 6.61 Å². The van der Waals surface area contributed by atoms with E-state index in [-0.39, 0.29) is 25.0 Å². The number of carbonyl (C=O) groups is 3. The molecule has 0 bridgehead atoms. The molecule has 1 aliphatic carbocycles. The summed E-state index contributed by atoms with van der Waals surface area (Å²) < 4.78 is 10.5. The smallest absolute Gasteiger partial charge is 0.408 e. The van der Waals surface area contributed by atoms with Crippen LogP contribution in [0.5, 0.6) is 0 Å². The summed E-state index contributed by atoms with van der Waals surface area (Å²) in [6.07, 6.45) is 2.42. The molecule has 1 aliphatic rings. The summed E-state index contributed by atoms with van der Waals surface area (Å²) in [5.74, 6) is -0.664. The van der Waals surface area contributed by atoms with Crippen LogP contribution in [-0.2, 0) is 25.7 Å². The van der Waals surface area contributed by atoms with Gasteiger partial charge in [-0.2, -0.15) is 0 Å². The van der Waals surface area contributed by atoms with Crippen molar-refractivity contribution in [1.29, 1.82) is 0 Å². The summed E-state index contributed by atoms with van der Waals surface area (Å²) in [5, 5.41) is 5.67. The Kier molecular flexibility index (Phi) is 8.26. The van der Waals surface area contributed by atoms with E-state index in [1.807, 2.05) is 44.2 Å². The Balaban J connectivity index is 2.09. The third-order valence-corrected chi connectivity index (χ3v) is 5.38. The van der Waals surface area contributed by atoms with Gasteiger partial charge < -0.3 is 20.1 Å². The molecule has 1 fully saturated rings. The van der Waals surface area contributed by atoms with Gasteiger partial charge in [0, 0.05) is 0 Å². The molecule has 7 heteroatoms. The largest absolute Gasteiger partial charge is 0.464 e. The number of alkyl carbamates (subject to hydrolysis) is 1. The highest BCUT2D eigenvalue weighted by atomic mass is 16.5. The summed E-state index contributed by atoms with van der Waals surface area (Å²) in [6.45, 7) is 7.73. The minimum absolute atomic E-state index is 0.123. The molecule has 166 valence electrons. The lowest BCUT2D eigenvalue weighted by molar-refractivity contribution is -0.154. The van der Waals surface area contributed by atoms with Crippen LogP contribution in [0.1, 0.15) is 65.4 Å². The van der Waals surface area contributed by atoms with Gasteiger partial charge in [-0.05, 0) is 44.6 Å². The van der Waals surface area contributed by atoms with Crippen LogP contribution in [0.15, 0.2) is 30.3 Å². The number of hydrogen-bond acceptors (Lipinski definition) is 5. The second kappa shape index (κ2) is 10.5. The van der Waals surface area contributed by atoms with Crippen molar-refractivity contribution in [2.45, 2.75) is 77.5 Å². The molecular formula is C23H34N2O5. The van der Waals surface area contributed by atoms with Gasteiger partial charge in [-0.3, -0.25) is 4.79 Å². The van der Waals surface area contributed by atoms with Crippen molar-refractivity contribution in [3.8, 4) is 0 Å². The number of esters is 1. The van der Waals surface area contributed by atoms with Crippen molar-refractivity contribution >= 4 is 18.0 Å². The van der Waals surface area contributed by atoms with E-state index in [0.29, 0.717) is 19.3 Å². The number of nitrogens with one attached hydrogen (secondary N) is 2. The molecule has 2 rings (SSSR count). The van der Waals surface area contributed by atoms with Crippen LogP contribution in [0.25, 0.3) is 0 Å². The summed E-state index contributed by atoms with van der Waals surface area (Å²) in [7, 11) is 0. The van der Waals surface area contributed by atoms with E-state index in [1.54, 1.807) is 13.8 Å². The molecule has 1 aromatic carbocycles. The lowest BCUT2D eigenvalue weighted by Gasteiger charge is -2.35. The third-order valence-electron chi connectivity index (χ3n) is 5.38. The fourth-order valence-corrected chi connectivity index (χ4v) is 4.00. The van der Waals surface area contributed by atoms with E-state index in [0.717, 1.165) is 18.4 Å². The van der Waals surface area contributed by atoms with E-state index < -0.39 is 23.1 Å². The zero-order valence-electron chi connectivity index (χ0n) is 18.5. The van der Waals surface area contributed by atoms with Gasteiger partial charge in [0.05, 0.1) is 6.61 Å². The highest BCUT2D eigenvalue weighted by Gasteiger charge is 2.47. The van der Waals surface area contributed by atoms with Gasteiger partial charge in [0.15, 0.2) is 0 Å². The molecule has 0 heterocycles. The maximum atomic E-state index is 13.3.